The number of nitrogens with one attached hydrogen (secondary N) is 2. The summed E-state index contributed by atoms with van der Waals surface area (Å²) in [6.45, 7) is 0. The Kier molecular flexibility index (Phi) is 2.72. The van der Waals surface area contributed by atoms with Crippen molar-refractivity contribution in [2.75, 3.05) is 5.73 Å². The Balaban J connectivity index is 1.84. The lowest BCUT2D eigenvalue weighted by Gasteiger charge is -2.17. The normalized spacial score (nSPS) is 21.1. The van der Waals surface area contributed by atoms with Crippen LogP contribution in [0.3, 0.4) is 0 Å². The minimum absolute atomic E-state index is 0.219. The molecule has 3 rings (SSSR count). The van der Waals surface area contributed by atoms with Crippen molar-refractivity contribution in [1.29, 1.82) is 0 Å². The lowest BCUT2D eigenvalue weighted by molar-refractivity contribution is 0.0854. The van der Waals surface area contributed by atoms with E-state index in [-0.39, 0.29) is 11.6 Å². The molecule has 0 unspecified atom stereocenters. The van der Waals surface area contributed by atoms with Crippen LogP contribution < -0.4 is 11.1 Å². The Labute approximate surface area is 109 Å². The van der Waals surface area contributed by atoms with Crippen molar-refractivity contribution in [1.82, 2.24) is 15.5 Å². The zero-order valence-electron chi connectivity index (χ0n) is 10.1. The summed E-state index contributed by atoms with van der Waals surface area (Å²) in [5, 5.41) is 19.1. The van der Waals surface area contributed by atoms with E-state index in [1.165, 1.54) is 6.20 Å². The molecule has 0 saturated carbocycles. The number of anilines is 1. The predicted octanol–water partition coefficient (Wildman–Crippen LogP) is 0.380. The molecule has 0 aliphatic heterocycles. The number of aromatic amines is 1. The fourth-order valence-electron chi connectivity index (χ4n) is 2.44. The molecule has 0 radical (unpaired) electrons. The molecule has 1 aliphatic rings. The molecule has 2 aromatic rings. The summed E-state index contributed by atoms with van der Waals surface area (Å²) < 4.78 is 0. The quantitative estimate of drug-likeness (QED) is 0.625. The average molecular weight is 258 g/mol. The molecule has 1 amide bonds. The zero-order valence-corrected chi connectivity index (χ0v) is 10.1. The van der Waals surface area contributed by atoms with E-state index in [2.05, 4.69) is 15.5 Å². The molecule has 1 aromatic carbocycles. The summed E-state index contributed by atoms with van der Waals surface area (Å²) in [4.78, 5) is 12.1. The molecule has 1 aliphatic carbocycles. The van der Waals surface area contributed by atoms with E-state index in [1.807, 2.05) is 24.3 Å². The van der Waals surface area contributed by atoms with Crippen molar-refractivity contribution in [3.8, 4) is 0 Å². The maximum Gasteiger partial charge on any atom is 0.272 e. The van der Waals surface area contributed by atoms with Crippen molar-refractivity contribution < 1.29 is 9.90 Å². The van der Waals surface area contributed by atoms with Crippen LogP contribution in [0, 0.1) is 0 Å². The largest absolute Gasteiger partial charge is 0.396 e. The summed E-state index contributed by atoms with van der Waals surface area (Å²) in [6, 6.07) is 7.26. The van der Waals surface area contributed by atoms with Gasteiger partial charge in [0.2, 0.25) is 0 Å². The van der Waals surface area contributed by atoms with Gasteiger partial charge in [0.05, 0.1) is 24.0 Å². The number of aliphatic hydroxyl groups is 1. The van der Waals surface area contributed by atoms with E-state index in [0.717, 1.165) is 11.1 Å². The molecule has 0 spiro atoms. The third-order valence-corrected chi connectivity index (χ3v) is 3.39. The molecule has 6 nitrogen and oxygen atoms in total. The number of rotatable bonds is 2. The van der Waals surface area contributed by atoms with Crippen LogP contribution in [0.15, 0.2) is 30.5 Å². The smallest absolute Gasteiger partial charge is 0.272 e. The van der Waals surface area contributed by atoms with Crippen LogP contribution in [0.2, 0.25) is 0 Å². The van der Waals surface area contributed by atoms with Crippen LogP contribution >= 0.6 is 0 Å². The highest BCUT2D eigenvalue weighted by Gasteiger charge is 2.32. The van der Waals surface area contributed by atoms with Crippen LogP contribution in [0.4, 0.5) is 5.69 Å². The lowest BCUT2D eigenvalue weighted by Crippen LogP contribution is -2.34. The number of aliphatic hydroxyl groups excluding tert-OH is 1. The van der Waals surface area contributed by atoms with Crippen molar-refractivity contribution in [2.45, 2.75) is 18.6 Å². The summed E-state index contributed by atoms with van der Waals surface area (Å²) >= 11 is 0. The number of nitrogens with two attached hydrogens (primary N) is 1. The second kappa shape index (κ2) is 4.40. The molecule has 1 aromatic heterocycles. The van der Waals surface area contributed by atoms with E-state index < -0.39 is 12.1 Å². The van der Waals surface area contributed by atoms with Crippen molar-refractivity contribution >= 4 is 11.6 Å². The number of amides is 1. The van der Waals surface area contributed by atoms with Gasteiger partial charge in [0, 0.05) is 6.42 Å². The Morgan fingerprint density at radius 3 is 3.00 bits per heavy atom. The number of carbonyl (C=O) groups excluding carboxylic acids is 1. The highest BCUT2D eigenvalue weighted by Crippen LogP contribution is 2.31. The first-order valence-corrected chi connectivity index (χ1v) is 6.02. The minimum atomic E-state index is -0.620. The van der Waals surface area contributed by atoms with Crippen molar-refractivity contribution in [3.63, 3.8) is 0 Å². The number of hydrogen-bond acceptors (Lipinski definition) is 4. The highest BCUT2D eigenvalue weighted by molar-refractivity contribution is 5.97. The molecule has 0 fully saturated rings. The average Bonchev–Trinajstić information content (AvgIpc) is 2.94. The number of hydrogen-bond donors (Lipinski definition) is 4. The molecular formula is C13H14N4O2. The van der Waals surface area contributed by atoms with E-state index in [9.17, 15) is 9.90 Å². The number of nitrogens with zero attached hydrogens (tertiary/aromatic N) is 1. The predicted molar refractivity (Wildman–Crippen MR) is 69.4 cm³/mol. The van der Waals surface area contributed by atoms with Gasteiger partial charge in [0.15, 0.2) is 0 Å². The fraction of sp³-hybridized carbons (Fsp3) is 0.231. The SMILES string of the molecule is Nc1cn[nH]c1C(=O)N[C@@H]1c2ccccc2C[C@@H]1O. The van der Waals surface area contributed by atoms with Gasteiger partial charge in [-0.3, -0.25) is 9.89 Å². The van der Waals surface area contributed by atoms with Gasteiger partial charge in [-0.2, -0.15) is 5.10 Å². The number of carbonyl (C=O) groups is 1. The van der Waals surface area contributed by atoms with Crippen LogP contribution in [0.5, 0.6) is 0 Å². The van der Waals surface area contributed by atoms with Gasteiger partial charge in [0.25, 0.3) is 5.91 Å². The molecule has 0 bridgehead atoms. The molecule has 19 heavy (non-hydrogen) atoms. The number of H-pyrrole nitrogens is 1. The Morgan fingerprint density at radius 1 is 1.47 bits per heavy atom. The van der Waals surface area contributed by atoms with Gasteiger partial charge in [-0.1, -0.05) is 24.3 Å². The van der Waals surface area contributed by atoms with Gasteiger partial charge in [-0.05, 0) is 11.1 Å². The van der Waals surface area contributed by atoms with Gasteiger partial charge in [-0.15, -0.1) is 0 Å². The molecule has 0 saturated heterocycles. The lowest BCUT2D eigenvalue weighted by atomic mass is 10.1. The summed E-state index contributed by atoms with van der Waals surface area (Å²) in [6.07, 6.45) is 1.30. The first-order valence-electron chi connectivity index (χ1n) is 6.02. The van der Waals surface area contributed by atoms with Gasteiger partial charge < -0.3 is 16.2 Å². The van der Waals surface area contributed by atoms with E-state index >= 15 is 0 Å². The fourth-order valence-corrected chi connectivity index (χ4v) is 2.44. The molecule has 6 heteroatoms. The van der Waals surface area contributed by atoms with E-state index in [4.69, 9.17) is 5.73 Å². The number of aromatic nitrogens is 2. The van der Waals surface area contributed by atoms with Crippen LogP contribution in [-0.2, 0) is 6.42 Å². The van der Waals surface area contributed by atoms with E-state index in [0.29, 0.717) is 12.1 Å². The topological polar surface area (TPSA) is 104 Å². The Hall–Kier alpha value is -2.34. The second-order valence-electron chi connectivity index (χ2n) is 4.62. The monoisotopic (exact) mass is 258 g/mol. The summed E-state index contributed by atoms with van der Waals surface area (Å²) in [5.41, 5.74) is 8.14. The number of benzene rings is 1. The van der Waals surface area contributed by atoms with Gasteiger partial charge in [-0.25, -0.2) is 0 Å². The van der Waals surface area contributed by atoms with Crippen LogP contribution in [0.1, 0.15) is 27.7 Å². The van der Waals surface area contributed by atoms with Gasteiger partial charge >= 0.3 is 0 Å². The standard InChI is InChI=1S/C13H14N4O2/c14-9-6-15-17-12(9)13(19)16-11-8-4-2-1-3-7(8)5-10(11)18/h1-4,6,10-11,18H,5,14H2,(H,15,17)(H,16,19)/t10-,11+/m0/s1. The molecule has 1 heterocycles. The second-order valence-corrected chi connectivity index (χ2v) is 4.62. The first-order chi connectivity index (χ1) is 9.16. The molecule has 2 atom stereocenters. The summed E-state index contributed by atoms with van der Waals surface area (Å²) in [7, 11) is 0. The van der Waals surface area contributed by atoms with E-state index in [1.54, 1.807) is 0 Å². The maximum absolute atomic E-state index is 12.1. The van der Waals surface area contributed by atoms with Crippen molar-refractivity contribution in [3.05, 3.63) is 47.3 Å². The van der Waals surface area contributed by atoms with Crippen LogP contribution in [-0.4, -0.2) is 27.3 Å². The Morgan fingerprint density at radius 2 is 2.26 bits per heavy atom. The maximum atomic E-state index is 12.1. The Bertz CT molecular complexity index is 623. The van der Waals surface area contributed by atoms with Crippen molar-refractivity contribution in [2.24, 2.45) is 0 Å². The van der Waals surface area contributed by atoms with Crippen LogP contribution in [0.25, 0.3) is 0 Å². The number of fused-ring (bicyclic) bond motifs is 1. The zero-order chi connectivity index (χ0) is 13.4. The summed E-state index contributed by atoms with van der Waals surface area (Å²) in [5.74, 6) is -0.365. The third-order valence-electron chi connectivity index (χ3n) is 3.39. The number of nitrogen functional groups attached to an aromatic ring is 1. The minimum Gasteiger partial charge on any atom is -0.396 e. The molecule has 98 valence electrons. The third kappa shape index (κ3) is 1.96. The molecular weight excluding hydrogens is 244 g/mol. The molecule has 5 N–H and O–H groups in total. The highest BCUT2D eigenvalue weighted by atomic mass is 16.3. The first kappa shape index (κ1) is 11.7. The van der Waals surface area contributed by atoms with Gasteiger partial charge in [0.1, 0.15) is 5.69 Å².